The van der Waals surface area contributed by atoms with Gasteiger partial charge in [-0.25, -0.2) is 12.4 Å². The molecule has 1 aromatic heterocycles. The molecule has 4 rings (SSSR count). The minimum absolute atomic E-state index is 0.359. The van der Waals surface area contributed by atoms with E-state index in [1.165, 1.54) is 5.56 Å². The summed E-state index contributed by atoms with van der Waals surface area (Å²) in [6, 6.07) is 15.0. The summed E-state index contributed by atoms with van der Waals surface area (Å²) in [5, 5.41) is 1.08. The molecule has 0 spiro atoms. The van der Waals surface area contributed by atoms with E-state index in [0.717, 1.165) is 47.8 Å². The van der Waals surface area contributed by atoms with Crippen molar-refractivity contribution >= 4 is 20.9 Å². The van der Waals surface area contributed by atoms with E-state index < -0.39 is 10.0 Å². The number of para-hydroxylation sites is 1. The Morgan fingerprint density at radius 3 is 2.39 bits per heavy atom. The number of rotatable bonds is 2. The molecule has 0 amide bonds. The van der Waals surface area contributed by atoms with Gasteiger partial charge in [0, 0.05) is 11.1 Å². The van der Waals surface area contributed by atoms with Crippen LogP contribution in [-0.4, -0.2) is 12.4 Å². The molecule has 0 radical (unpaired) electrons. The molecule has 0 atom stereocenters. The van der Waals surface area contributed by atoms with Crippen LogP contribution in [0.1, 0.15) is 29.7 Å². The third-order valence-corrected chi connectivity index (χ3v) is 6.46. The van der Waals surface area contributed by atoms with Crippen molar-refractivity contribution in [3.63, 3.8) is 0 Å². The Balaban J connectivity index is 2.03. The zero-order valence-corrected chi connectivity index (χ0v) is 13.9. The molecule has 118 valence electrons. The molecule has 2 aromatic carbocycles. The lowest BCUT2D eigenvalue weighted by molar-refractivity contribution is 0.582. The van der Waals surface area contributed by atoms with E-state index in [1.807, 2.05) is 43.3 Å². The molecule has 3 nitrogen and oxygen atoms in total. The van der Waals surface area contributed by atoms with E-state index in [2.05, 4.69) is 0 Å². The lowest BCUT2D eigenvalue weighted by Gasteiger charge is -2.16. The first kappa shape index (κ1) is 14.5. The predicted molar refractivity (Wildman–Crippen MR) is 92.3 cm³/mol. The van der Waals surface area contributed by atoms with Crippen molar-refractivity contribution in [2.45, 2.75) is 37.5 Å². The van der Waals surface area contributed by atoms with Gasteiger partial charge in [-0.15, -0.1) is 0 Å². The highest BCUT2D eigenvalue weighted by molar-refractivity contribution is 7.90. The number of aromatic nitrogens is 1. The van der Waals surface area contributed by atoms with Gasteiger partial charge < -0.3 is 0 Å². The van der Waals surface area contributed by atoms with E-state index in [4.69, 9.17) is 0 Å². The fraction of sp³-hybridized carbons (Fsp3) is 0.263. The van der Waals surface area contributed by atoms with Crippen LogP contribution in [0, 0.1) is 6.92 Å². The molecule has 1 heterocycles. The molecule has 0 fully saturated rings. The molecule has 3 aromatic rings. The van der Waals surface area contributed by atoms with Crippen molar-refractivity contribution in [2.24, 2.45) is 0 Å². The minimum atomic E-state index is -3.56. The number of hydrogen-bond donors (Lipinski definition) is 0. The topological polar surface area (TPSA) is 39.1 Å². The number of hydrogen-bond acceptors (Lipinski definition) is 2. The summed E-state index contributed by atoms with van der Waals surface area (Å²) in [5.41, 5.74) is 4.05. The largest absolute Gasteiger partial charge is 0.268 e. The van der Waals surface area contributed by atoms with Gasteiger partial charge in [0.05, 0.1) is 10.4 Å². The Labute approximate surface area is 136 Å². The van der Waals surface area contributed by atoms with Crippen molar-refractivity contribution < 1.29 is 8.42 Å². The summed E-state index contributed by atoms with van der Waals surface area (Å²) < 4.78 is 28.1. The van der Waals surface area contributed by atoms with Gasteiger partial charge in [0.2, 0.25) is 0 Å². The number of aryl methyl sites for hydroxylation is 2. The highest BCUT2D eigenvalue weighted by Crippen LogP contribution is 2.34. The van der Waals surface area contributed by atoms with Gasteiger partial charge in [-0.3, -0.25) is 0 Å². The Kier molecular flexibility index (Phi) is 3.31. The lowest BCUT2D eigenvalue weighted by atomic mass is 9.96. The fourth-order valence-electron chi connectivity index (χ4n) is 3.55. The van der Waals surface area contributed by atoms with Crippen molar-refractivity contribution in [3.8, 4) is 0 Å². The van der Waals surface area contributed by atoms with E-state index in [1.54, 1.807) is 16.1 Å². The first-order chi connectivity index (χ1) is 11.1. The second-order valence-electron chi connectivity index (χ2n) is 6.23. The maximum Gasteiger partial charge on any atom is 0.268 e. The van der Waals surface area contributed by atoms with E-state index in [-0.39, 0.29) is 0 Å². The Bertz CT molecular complexity index is 982. The van der Waals surface area contributed by atoms with Crippen LogP contribution in [0.15, 0.2) is 53.4 Å². The second-order valence-corrected chi connectivity index (χ2v) is 8.02. The van der Waals surface area contributed by atoms with Crippen molar-refractivity contribution in [3.05, 3.63) is 65.4 Å². The summed E-state index contributed by atoms with van der Waals surface area (Å²) in [6.45, 7) is 1.96. The highest BCUT2D eigenvalue weighted by Gasteiger charge is 2.27. The van der Waals surface area contributed by atoms with Crippen LogP contribution in [0.5, 0.6) is 0 Å². The standard InChI is InChI=1S/C19H19NO2S/c1-14-10-12-15(13-11-14)23(21,22)20-18-8-4-2-6-16(18)17-7-3-5-9-19(17)20/h2,4,6,8,10-13H,3,5,7,9H2,1H3. The van der Waals surface area contributed by atoms with Crippen LogP contribution < -0.4 is 0 Å². The normalized spacial score (nSPS) is 14.8. The van der Waals surface area contributed by atoms with Crippen molar-refractivity contribution in [1.29, 1.82) is 0 Å². The van der Waals surface area contributed by atoms with Crippen molar-refractivity contribution in [1.82, 2.24) is 3.97 Å². The Hall–Kier alpha value is -2.07. The molecule has 0 unspecified atom stereocenters. The Morgan fingerprint density at radius 1 is 0.913 bits per heavy atom. The van der Waals surface area contributed by atoms with Gasteiger partial charge >= 0.3 is 0 Å². The average Bonchev–Trinajstić information content (AvgIpc) is 2.90. The van der Waals surface area contributed by atoms with Gasteiger partial charge in [0.25, 0.3) is 10.0 Å². The quantitative estimate of drug-likeness (QED) is 0.712. The maximum absolute atomic E-state index is 13.3. The molecule has 0 aliphatic heterocycles. The molecule has 4 heteroatoms. The number of nitrogens with zero attached hydrogens (tertiary/aromatic N) is 1. The third-order valence-electron chi connectivity index (χ3n) is 4.69. The van der Waals surface area contributed by atoms with Crippen LogP contribution >= 0.6 is 0 Å². The monoisotopic (exact) mass is 325 g/mol. The first-order valence-electron chi connectivity index (χ1n) is 8.02. The lowest BCUT2D eigenvalue weighted by Crippen LogP contribution is -2.17. The van der Waals surface area contributed by atoms with Gasteiger partial charge in [0.15, 0.2) is 0 Å². The fourth-order valence-corrected chi connectivity index (χ4v) is 5.15. The van der Waals surface area contributed by atoms with Gasteiger partial charge in [-0.1, -0.05) is 35.9 Å². The van der Waals surface area contributed by atoms with E-state index in [0.29, 0.717) is 4.90 Å². The summed E-state index contributed by atoms with van der Waals surface area (Å²) in [6.07, 6.45) is 3.97. The zero-order valence-electron chi connectivity index (χ0n) is 13.1. The minimum Gasteiger partial charge on any atom is -0.238 e. The second kappa shape index (κ2) is 5.24. The molecule has 0 saturated carbocycles. The smallest absolute Gasteiger partial charge is 0.238 e. The zero-order chi connectivity index (χ0) is 16.0. The number of benzene rings is 2. The van der Waals surface area contributed by atoms with Crippen LogP contribution in [-0.2, 0) is 22.9 Å². The summed E-state index contributed by atoms with van der Waals surface area (Å²) in [5.74, 6) is 0. The predicted octanol–water partition coefficient (Wildman–Crippen LogP) is 4.07. The maximum atomic E-state index is 13.3. The molecule has 0 N–H and O–H groups in total. The molecule has 0 bridgehead atoms. The summed E-state index contributed by atoms with van der Waals surface area (Å²) >= 11 is 0. The third kappa shape index (κ3) is 2.20. The summed E-state index contributed by atoms with van der Waals surface area (Å²) in [4.78, 5) is 0.359. The van der Waals surface area contributed by atoms with Crippen molar-refractivity contribution in [2.75, 3.05) is 0 Å². The summed E-state index contributed by atoms with van der Waals surface area (Å²) in [7, 11) is -3.56. The van der Waals surface area contributed by atoms with Crippen LogP contribution in [0.2, 0.25) is 0 Å². The van der Waals surface area contributed by atoms with Gasteiger partial charge in [0.1, 0.15) is 0 Å². The average molecular weight is 325 g/mol. The highest BCUT2D eigenvalue weighted by atomic mass is 32.2. The molecule has 1 aliphatic carbocycles. The molecule has 0 saturated heterocycles. The molecule has 1 aliphatic rings. The molecule has 23 heavy (non-hydrogen) atoms. The molecular formula is C19H19NO2S. The van der Waals surface area contributed by atoms with E-state index >= 15 is 0 Å². The van der Waals surface area contributed by atoms with Gasteiger partial charge in [-0.05, 0) is 56.4 Å². The van der Waals surface area contributed by atoms with Crippen LogP contribution in [0.3, 0.4) is 0 Å². The SMILES string of the molecule is Cc1ccc(S(=O)(=O)n2c3c(c4ccccc42)CCCC3)cc1. The first-order valence-corrected chi connectivity index (χ1v) is 9.46. The van der Waals surface area contributed by atoms with Crippen LogP contribution in [0.25, 0.3) is 10.9 Å². The van der Waals surface area contributed by atoms with Gasteiger partial charge in [-0.2, -0.15) is 0 Å². The van der Waals surface area contributed by atoms with E-state index in [9.17, 15) is 8.42 Å². The van der Waals surface area contributed by atoms with Crippen LogP contribution in [0.4, 0.5) is 0 Å². The Morgan fingerprint density at radius 2 is 1.61 bits per heavy atom. The number of fused-ring (bicyclic) bond motifs is 3. The molecular weight excluding hydrogens is 306 g/mol.